The molecular weight excluding hydrogens is 1720 g/mol. The van der Waals surface area contributed by atoms with Crippen molar-refractivity contribution < 1.29 is 0 Å². The van der Waals surface area contributed by atoms with Crippen molar-refractivity contribution in [2.75, 3.05) is 0 Å². The maximum absolute atomic E-state index is 2.45. The second kappa shape index (κ2) is 33.5. The number of nitrogens with zero attached hydrogens (tertiary/aromatic N) is 6. The van der Waals surface area contributed by atoms with Gasteiger partial charge in [0.15, 0.2) is 0 Å². The number of rotatable bonds is 11. The van der Waals surface area contributed by atoms with Crippen molar-refractivity contribution in [3.05, 3.63) is 534 Å². The maximum Gasteiger partial charge on any atom is 0.0547 e. The average Bonchev–Trinajstić information content (AvgIpc) is 1.55. The van der Waals surface area contributed by atoms with Crippen LogP contribution in [0.2, 0.25) is 0 Å². The van der Waals surface area contributed by atoms with Gasteiger partial charge in [-0.05, 0) is 240 Å². The predicted octanol–water partition coefficient (Wildman–Crippen LogP) is 36.6. The van der Waals surface area contributed by atoms with Crippen molar-refractivity contribution in [3.8, 4) is 89.8 Å². The fourth-order valence-electron chi connectivity index (χ4n) is 23.0. The molecular formula is C136H88N6. The fourth-order valence-corrected chi connectivity index (χ4v) is 23.0. The Morgan fingerprint density at radius 1 is 0.0986 bits per heavy atom. The summed E-state index contributed by atoms with van der Waals surface area (Å²) in [7, 11) is 0. The van der Waals surface area contributed by atoms with Crippen molar-refractivity contribution in [1.29, 1.82) is 0 Å². The number of hydrogen-bond acceptors (Lipinski definition) is 0. The second-order valence-electron chi connectivity index (χ2n) is 37.3. The number of hydrogen-bond donors (Lipinski definition) is 0. The third kappa shape index (κ3) is 13.4. The van der Waals surface area contributed by atoms with E-state index >= 15 is 0 Å². The van der Waals surface area contributed by atoms with Gasteiger partial charge in [0.1, 0.15) is 0 Å². The average molecular weight is 1810 g/mol. The summed E-state index contributed by atoms with van der Waals surface area (Å²) in [5.41, 5.74) is 33.9. The molecule has 0 spiro atoms. The Balaban J connectivity index is 0.000000105. The lowest BCUT2D eigenvalue weighted by Gasteiger charge is -2.14. The van der Waals surface area contributed by atoms with Gasteiger partial charge in [-0.25, -0.2) is 0 Å². The first-order valence-electron chi connectivity index (χ1n) is 48.9. The van der Waals surface area contributed by atoms with Crippen LogP contribution in [0.1, 0.15) is 0 Å². The first-order valence-corrected chi connectivity index (χ1v) is 48.9. The molecule has 0 aliphatic carbocycles. The van der Waals surface area contributed by atoms with Gasteiger partial charge in [0, 0.05) is 98.2 Å². The summed E-state index contributed by atoms with van der Waals surface area (Å²) in [6, 6.07) is 195. The molecule has 30 aromatic rings. The summed E-state index contributed by atoms with van der Waals surface area (Å²) in [6.07, 6.45) is 0. The molecule has 0 atom stereocenters. The third-order valence-corrected chi connectivity index (χ3v) is 29.5. The first kappa shape index (κ1) is 81.5. The van der Waals surface area contributed by atoms with Crippen LogP contribution in [-0.2, 0) is 0 Å². The number of fused-ring (bicyclic) bond motifs is 22. The summed E-state index contributed by atoms with van der Waals surface area (Å²) >= 11 is 0. The molecule has 0 saturated carbocycles. The van der Waals surface area contributed by atoms with Gasteiger partial charge in [0.05, 0.1) is 77.6 Å². The van der Waals surface area contributed by atoms with Crippen molar-refractivity contribution >= 4 is 174 Å². The van der Waals surface area contributed by atoms with Gasteiger partial charge in [-0.3, -0.25) is 0 Å². The summed E-state index contributed by atoms with van der Waals surface area (Å²) < 4.78 is 14.5. The molecule has 142 heavy (non-hydrogen) atoms. The van der Waals surface area contributed by atoms with Crippen LogP contribution in [0.5, 0.6) is 0 Å². The van der Waals surface area contributed by atoms with E-state index in [1.165, 1.54) is 258 Å². The van der Waals surface area contributed by atoms with E-state index in [0.29, 0.717) is 0 Å². The van der Waals surface area contributed by atoms with Crippen LogP contribution in [-0.4, -0.2) is 27.4 Å². The molecule has 6 heterocycles. The molecule has 662 valence electrons. The highest BCUT2D eigenvalue weighted by atomic mass is 15.0. The molecule has 0 saturated heterocycles. The number of benzene rings is 24. The topological polar surface area (TPSA) is 29.6 Å². The molecule has 24 aromatic carbocycles. The van der Waals surface area contributed by atoms with Gasteiger partial charge < -0.3 is 27.4 Å². The van der Waals surface area contributed by atoms with Crippen LogP contribution >= 0.6 is 0 Å². The molecule has 6 heteroatoms. The van der Waals surface area contributed by atoms with Crippen LogP contribution in [0.3, 0.4) is 0 Å². The fraction of sp³-hybridized carbons (Fsp3) is 0. The lowest BCUT2D eigenvalue weighted by Crippen LogP contribution is -1.95. The van der Waals surface area contributed by atoms with Crippen molar-refractivity contribution in [2.24, 2.45) is 0 Å². The zero-order valence-electron chi connectivity index (χ0n) is 77.5. The van der Waals surface area contributed by atoms with E-state index in [4.69, 9.17) is 0 Å². The molecule has 0 N–H and O–H groups in total. The molecule has 0 aliphatic heterocycles. The Labute approximate surface area is 819 Å². The highest BCUT2D eigenvalue weighted by Crippen LogP contribution is 2.47. The molecule has 0 unspecified atom stereocenters. The van der Waals surface area contributed by atoms with Gasteiger partial charge in [0.25, 0.3) is 0 Å². The smallest absolute Gasteiger partial charge is 0.0547 e. The lowest BCUT2D eigenvalue weighted by atomic mass is 9.91. The van der Waals surface area contributed by atoms with Gasteiger partial charge in [-0.15, -0.1) is 0 Å². The van der Waals surface area contributed by atoms with Crippen molar-refractivity contribution in [1.82, 2.24) is 27.4 Å². The first-order chi connectivity index (χ1) is 70.5. The molecule has 0 bridgehead atoms. The van der Waals surface area contributed by atoms with E-state index in [2.05, 4.69) is 561 Å². The Morgan fingerprint density at radius 3 is 0.817 bits per heavy atom. The second-order valence-corrected chi connectivity index (χ2v) is 37.3. The zero-order chi connectivity index (χ0) is 93.4. The van der Waals surface area contributed by atoms with E-state index in [0.717, 1.165) is 5.69 Å². The Hall–Kier alpha value is -18.9. The van der Waals surface area contributed by atoms with Crippen LogP contribution in [0.15, 0.2) is 534 Å². The highest BCUT2D eigenvalue weighted by Gasteiger charge is 2.24. The predicted molar refractivity (Wildman–Crippen MR) is 603 cm³/mol. The standard InChI is InChI=1S/C50H32N2.C46H30N2.C40H26N2/c1-2-15-36(16-3-1)51-47-22-10-9-21-43(47)45-31-34(26-30-49(45)51)37-28-29-38(41-19-7-6-18-40(37)41)35-25-27-44-42-20-8-11-23-48(42)52(50(44)32-35)46-24-12-14-33-13-4-5-17-39(33)46;1-2-11-31(12-3-1)34-15-10-16-37(27-34)47-44-20-9-7-18-40(44)42-29-35(23-26-45(42)47)36-22-25-41-39-17-6-8-19-43(39)48(46(41)30-36)38-24-21-32-13-4-5-14-33(32)28-38;1-2-13-30(14-3-1)41-37-18-8-7-17-33(37)35-25-28(22-24-39(35)41)29-21-23-34-32-16-6-9-19-38(32)42(40(34)26-29)36-20-10-12-27-11-4-5-15-31(27)36/h1-32H;1-30H;1-26H. The van der Waals surface area contributed by atoms with E-state index in [1.807, 2.05) is 0 Å². The van der Waals surface area contributed by atoms with Gasteiger partial charge in [-0.1, -0.05) is 382 Å². The molecule has 6 aromatic heterocycles. The molecule has 0 amide bonds. The minimum Gasteiger partial charge on any atom is -0.309 e. The van der Waals surface area contributed by atoms with Crippen LogP contribution < -0.4 is 0 Å². The van der Waals surface area contributed by atoms with Crippen molar-refractivity contribution in [2.45, 2.75) is 0 Å². The van der Waals surface area contributed by atoms with E-state index < -0.39 is 0 Å². The van der Waals surface area contributed by atoms with E-state index in [-0.39, 0.29) is 0 Å². The SMILES string of the molecule is c1ccc(-c2cccc(-n3c4ccccc4c4cc(-c5ccc6c7ccccc7n(-c7ccc8ccccc8c7)c6c5)ccc43)c2)cc1.c1ccc(-n2c3ccccc3c3cc(-c4ccc(-c5ccc6c7ccccc7n(-c7cccc8ccccc78)c6c5)c5ccccc45)ccc32)cc1.c1ccc(-n2c3ccccc3c3cc(-c4ccc5c6ccccc6n(-c6cccc7ccccc67)c5c4)ccc32)cc1. The van der Waals surface area contributed by atoms with Crippen LogP contribution in [0.4, 0.5) is 0 Å². The third-order valence-electron chi connectivity index (χ3n) is 29.5. The van der Waals surface area contributed by atoms with Gasteiger partial charge >= 0.3 is 0 Å². The van der Waals surface area contributed by atoms with E-state index in [1.54, 1.807) is 0 Å². The summed E-state index contributed by atoms with van der Waals surface area (Å²) in [5.74, 6) is 0. The van der Waals surface area contributed by atoms with Gasteiger partial charge in [-0.2, -0.15) is 0 Å². The quantitative estimate of drug-likeness (QED) is 0.124. The minimum atomic E-state index is 1.16. The summed E-state index contributed by atoms with van der Waals surface area (Å²) in [5, 5.41) is 25.1. The highest BCUT2D eigenvalue weighted by molar-refractivity contribution is 6.19. The normalized spacial score (nSPS) is 11.8. The zero-order valence-corrected chi connectivity index (χ0v) is 77.5. The van der Waals surface area contributed by atoms with Crippen LogP contribution in [0, 0.1) is 0 Å². The van der Waals surface area contributed by atoms with E-state index in [9.17, 15) is 0 Å². The Kier molecular flexibility index (Phi) is 19.2. The van der Waals surface area contributed by atoms with Crippen LogP contribution in [0.25, 0.3) is 264 Å². The molecule has 30 rings (SSSR count). The molecule has 6 nitrogen and oxygen atoms in total. The largest absolute Gasteiger partial charge is 0.309 e. The van der Waals surface area contributed by atoms with Crippen molar-refractivity contribution in [3.63, 3.8) is 0 Å². The Bertz CT molecular complexity index is 10300. The van der Waals surface area contributed by atoms with Gasteiger partial charge in [0.2, 0.25) is 0 Å². The monoisotopic (exact) mass is 1800 g/mol. The lowest BCUT2D eigenvalue weighted by molar-refractivity contribution is 1.18. The maximum atomic E-state index is 2.45. The minimum absolute atomic E-state index is 1.16. The Morgan fingerprint density at radius 2 is 0.359 bits per heavy atom. The summed E-state index contributed by atoms with van der Waals surface area (Å²) in [4.78, 5) is 0. The number of aromatic nitrogens is 6. The molecule has 0 fully saturated rings. The summed E-state index contributed by atoms with van der Waals surface area (Å²) in [6.45, 7) is 0. The molecule has 0 radical (unpaired) electrons. The molecule has 0 aliphatic rings. The number of para-hydroxylation sites is 8.